The minimum Gasteiger partial charge on any atom is -0.345 e. The molecule has 1 saturated heterocycles. The molecule has 0 N–H and O–H groups in total. The lowest BCUT2D eigenvalue weighted by Gasteiger charge is -2.32. The van der Waals surface area contributed by atoms with Crippen molar-refractivity contribution in [2.75, 3.05) is 0 Å². The lowest BCUT2D eigenvalue weighted by Crippen LogP contribution is -2.41. The number of ether oxygens (including phenoxy) is 2. The summed E-state index contributed by atoms with van der Waals surface area (Å²) in [5, 5.41) is 0. The Bertz CT molecular complexity index is 306. The second kappa shape index (κ2) is 4.74. The summed E-state index contributed by atoms with van der Waals surface area (Å²) in [5.74, 6) is 0.908. The molecular weight excluding hydrogens is 212 g/mol. The fraction of sp³-hybridized carbons (Fsp3) is 0.867. The second-order valence-corrected chi connectivity index (χ2v) is 6.26. The molecule has 1 aliphatic carbocycles. The summed E-state index contributed by atoms with van der Waals surface area (Å²) in [6.45, 7) is 11.0. The van der Waals surface area contributed by atoms with Crippen molar-refractivity contribution in [2.24, 2.45) is 11.8 Å². The first kappa shape index (κ1) is 13.1. The van der Waals surface area contributed by atoms with E-state index in [9.17, 15) is 0 Å². The Balaban J connectivity index is 2.23. The molecule has 2 aliphatic rings. The van der Waals surface area contributed by atoms with Crippen molar-refractivity contribution in [1.29, 1.82) is 0 Å². The average Bonchev–Trinajstić information content (AvgIpc) is 2.83. The van der Waals surface area contributed by atoms with Gasteiger partial charge in [-0.15, -0.1) is 0 Å². The quantitative estimate of drug-likeness (QED) is 0.694. The molecule has 0 radical (unpaired) electrons. The molecule has 0 saturated carbocycles. The van der Waals surface area contributed by atoms with Crippen LogP contribution in [0.2, 0.25) is 0 Å². The fourth-order valence-electron chi connectivity index (χ4n) is 3.08. The maximum absolute atomic E-state index is 6.28. The average molecular weight is 238 g/mol. The summed E-state index contributed by atoms with van der Waals surface area (Å²) in [5.41, 5.74) is 1.26. The molecule has 0 aromatic carbocycles. The first-order valence-electron chi connectivity index (χ1n) is 6.98. The lowest BCUT2D eigenvalue weighted by atomic mass is 9.84. The van der Waals surface area contributed by atoms with E-state index in [1.165, 1.54) is 24.8 Å². The van der Waals surface area contributed by atoms with Gasteiger partial charge in [0.25, 0.3) is 0 Å². The molecule has 2 rings (SSSR count). The zero-order valence-corrected chi connectivity index (χ0v) is 11.8. The normalized spacial score (nSPS) is 38.2. The molecule has 1 aliphatic heterocycles. The van der Waals surface area contributed by atoms with Gasteiger partial charge in [0.15, 0.2) is 6.29 Å². The van der Waals surface area contributed by atoms with E-state index in [1.807, 2.05) is 0 Å². The third kappa shape index (κ3) is 2.30. The fourth-order valence-corrected chi connectivity index (χ4v) is 3.08. The van der Waals surface area contributed by atoms with Crippen molar-refractivity contribution in [3.63, 3.8) is 0 Å². The van der Waals surface area contributed by atoms with Crippen LogP contribution >= 0.6 is 0 Å². The van der Waals surface area contributed by atoms with Gasteiger partial charge in [-0.1, -0.05) is 33.8 Å². The highest BCUT2D eigenvalue weighted by atomic mass is 16.7. The van der Waals surface area contributed by atoms with Crippen LogP contribution in [0.5, 0.6) is 0 Å². The van der Waals surface area contributed by atoms with Gasteiger partial charge in [0.05, 0.1) is 6.10 Å². The minimum atomic E-state index is -0.195. The Morgan fingerprint density at radius 3 is 2.41 bits per heavy atom. The smallest absolute Gasteiger partial charge is 0.161 e. The molecule has 3 atom stereocenters. The molecule has 0 amide bonds. The maximum atomic E-state index is 6.28. The highest BCUT2D eigenvalue weighted by Gasteiger charge is 2.50. The summed E-state index contributed by atoms with van der Waals surface area (Å²) in [4.78, 5) is 0. The summed E-state index contributed by atoms with van der Waals surface area (Å²) in [6, 6.07) is 0. The van der Waals surface area contributed by atoms with Crippen LogP contribution in [-0.2, 0) is 9.47 Å². The molecule has 0 spiro atoms. The third-order valence-electron chi connectivity index (χ3n) is 4.01. The molecule has 1 fully saturated rings. The van der Waals surface area contributed by atoms with E-state index < -0.39 is 0 Å². The Kier molecular flexibility index (Phi) is 3.65. The van der Waals surface area contributed by atoms with Crippen LogP contribution in [0.15, 0.2) is 11.6 Å². The highest BCUT2D eigenvalue weighted by molar-refractivity contribution is 5.24. The molecule has 0 bridgehead atoms. The van der Waals surface area contributed by atoms with Crippen molar-refractivity contribution < 1.29 is 9.47 Å². The summed E-state index contributed by atoms with van der Waals surface area (Å²) in [6.07, 6.45) is 6.15. The molecular formula is C15H26O2. The molecule has 98 valence electrons. The molecule has 0 unspecified atom stereocenters. The molecule has 2 nitrogen and oxygen atoms in total. The summed E-state index contributed by atoms with van der Waals surface area (Å²) >= 11 is 0. The number of rotatable bonds is 3. The van der Waals surface area contributed by atoms with Gasteiger partial charge in [0.2, 0.25) is 0 Å². The molecule has 17 heavy (non-hydrogen) atoms. The molecule has 2 heteroatoms. The maximum Gasteiger partial charge on any atom is 0.161 e. The van der Waals surface area contributed by atoms with Gasteiger partial charge >= 0.3 is 0 Å². The van der Waals surface area contributed by atoms with Crippen LogP contribution in [0.1, 0.15) is 53.9 Å². The van der Waals surface area contributed by atoms with E-state index >= 15 is 0 Å². The van der Waals surface area contributed by atoms with Gasteiger partial charge in [-0.3, -0.25) is 0 Å². The van der Waals surface area contributed by atoms with E-state index in [-0.39, 0.29) is 18.0 Å². The van der Waals surface area contributed by atoms with Gasteiger partial charge in [-0.25, -0.2) is 0 Å². The monoisotopic (exact) mass is 238 g/mol. The van der Waals surface area contributed by atoms with Crippen LogP contribution in [0.4, 0.5) is 0 Å². The minimum absolute atomic E-state index is 0.0473. The van der Waals surface area contributed by atoms with Crippen molar-refractivity contribution in [3.8, 4) is 0 Å². The second-order valence-electron chi connectivity index (χ2n) is 6.26. The number of allylic oxidation sites excluding steroid dienone is 1. The lowest BCUT2D eigenvalue weighted by molar-refractivity contribution is -0.107. The molecule has 0 aromatic heterocycles. The van der Waals surface area contributed by atoms with E-state index in [2.05, 4.69) is 40.7 Å². The largest absolute Gasteiger partial charge is 0.345 e. The van der Waals surface area contributed by atoms with E-state index in [0.717, 1.165) is 0 Å². The molecule has 0 aromatic rings. The Hall–Kier alpha value is -0.340. The van der Waals surface area contributed by atoms with Crippen molar-refractivity contribution in [1.82, 2.24) is 0 Å². The Morgan fingerprint density at radius 1 is 1.24 bits per heavy atom. The van der Waals surface area contributed by atoms with Gasteiger partial charge < -0.3 is 9.47 Å². The summed E-state index contributed by atoms with van der Waals surface area (Å²) < 4.78 is 12.4. The zero-order chi connectivity index (χ0) is 12.6. The Labute approximate surface area is 105 Å². The SMILES string of the molecule is CC(C)[C@H]1O[C@@H](C(C)C)[C@](C)(C2=CCCC2)O1. The van der Waals surface area contributed by atoms with E-state index in [4.69, 9.17) is 9.47 Å². The zero-order valence-electron chi connectivity index (χ0n) is 11.8. The highest BCUT2D eigenvalue weighted by Crippen LogP contribution is 2.44. The van der Waals surface area contributed by atoms with Gasteiger partial charge in [-0.2, -0.15) is 0 Å². The third-order valence-corrected chi connectivity index (χ3v) is 4.01. The Morgan fingerprint density at radius 2 is 1.94 bits per heavy atom. The van der Waals surface area contributed by atoms with E-state index in [1.54, 1.807) is 0 Å². The first-order chi connectivity index (χ1) is 7.95. The van der Waals surface area contributed by atoms with Gasteiger partial charge in [0.1, 0.15) is 5.60 Å². The van der Waals surface area contributed by atoms with Crippen LogP contribution in [0.3, 0.4) is 0 Å². The van der Waals surface area contributed by atoms with Crippen molar-refractivity contribution >= 4 is 0 Å². The van der Waals surface area contributed by atoms with Crippen molar-refractivity contribution in [3.05, 3.63) is 11.6 Å². The first-order valence-corrected chi connectivity index (χ1v) is 6.98. The van der Waals surface area contributed by atoms with Crippen molar-refractivity contribution in [2.45, 2.75) is 71.9 Å². The predicted octanol–water partition coefficient (Wildman–Crippen LogP) is 3.91. The van der Waals surface area contributed by atoms with Gasteiger partial charge in [-0.05, 0) is 37.7 Å². The van der Waals surface area contributed by atoms with Gasteiger partial charge in [0, 0.05) is 5.92 Å². The van der Waals surface area contributed by atoms with E-state index in [0.29, 0.717) is 11.8 Å². The molecule has 1 heterocycles. The van der Waals surface area contributed by atoms with Crippen LogP contribution < -0.4 is 0 Å². The summed E-state index contributed by atoms with van der Waals surface area (Å²) in [7, 11) is 0. The number of hydrogen-bond acceptors (Lipinski definition) is 2. The van der Waals surface area contributed by atoms with Crippen LogP contribution in [-0.4, -0.2) is 18.0 Å². The van der Waals surface area contributed by atoms with Crippen LogP contribution in [0, 0.1) is 11.8 Å². The van der Waals surface area contributed by atoms with Crippen LogP contribution in [0.25, 0.3) is 0 Å². The predicted molar refractivity (Wildman–Crippen MR) is 69.8 cm³/mol. The topological polar surface area (TPSA) is 18.5 Å². The number of hydrogen-bond donors (Lipinski definition) is 0. The standard InChI is InChI=1S/C15H26O2/c1-10(2)13-15(5,12-8-6-7-9-12)17-14(16-13)11(3)4/h8,10-11,13-14H,6-7,9H2,1-5H3/t13-,14-,15-/m0/s1.